The lowest BCUT2D eigenvalue weighted by Crippen LogP contribution is -2.49. The van der Waals surface area contributed by atoms with Crippen LogP contribution in [0.4, 0.5) is 0 Å². The first-order chi connectivity index (χ1) is 8.31. The molecule has 1 aliphatic carbocycles. The van der Waals surface area contributed by atoms with Gasteiger partial charge in [0.15, 0.2) is 0 Å². The Bertz CT molecular complexity index is 403. The molecule has 1 aromatic carbocycles. The summed E-state index contributed by atoms with van der Waals surface area (Å²) in [7, 11) is 0. The number of fused-ring (bicyclic) bond motifs is 1. The molecule has 1 heterocycles. The summed E-state index contributed by atoms with van der Waals surface area (Å²) in [6.45, 7) is 4.00. The average molecular weight is 232 g/mol. The van der Waals surface area contributed by atoms with Gasteiger partial charge in [-0.2, -0.15) is 0 Å². The Balaban J connectivity index is 1.85. The lowest BCUT2D eigenvalue weighted by molar-refractivity contribution is 0.0956. The van der Waals surface area contributed by atoms with E-state index >= 15 is 0 Å². The van der Waals surface area contributed by atoms with E-state index in [9.17, 15) is 0 Å². The lowest BCUT2D eigenvalue weighted by Gasteiger charge is -2.38. The fourth-order valence-corrected chi connectivity index (χ4v) is 2.85. The monoisotopic (exact) mass is 232 g/mol. The average Bonchev–Trinajstić information content (AvgIpc) is 3.18. The molecule has 0 aromatic heterocycles. The molecule has 0 radical (unpaired) electrons. The molecule has 2 aliphatic rings. The van der Waals surface area contributed by atoms with Gasteiger partial charge in [-0.05, 0) is 25.5 Å². The van der Waals surface area contributed by atoms with Crippen LogP contribution in [0.3, 0.4) is 0 Å². The zero-order valence-corrected chi connectivity index (χ0v) is 10.3. The Hall–Kier alpha value is -1.06. The number of nitrogens with two attached hydrogens (primary N) is 1. The van der Waals surface area contributed by atoms with Gasteiger partial charge in [-0.1, -0.05) is 25.1 Å². The van der Waals surface area contributed by atoms with Crippen LogP contribution in [0, 0.1) is 0 Å². The number of nitrogens with zero attached hydrogens (tertiary/aromatic N) is 1. The van der Waals surface area contributed by atoms with Gasteiger partial charge in [0.05, 0.1) is 12.1 Å². The molecule has 2 atom stereocenters. The maximum absolute atomic E-state index is 6.41. The third kappa shape index (κ3) is 1.94. The predicted octanol–water partition coefficient (Wildman–Crippen LogP) is 1.93. The minimum absolute atomic E-state index is 0.0838. The van der Waals surface area contributed by atoms with Crippen LogP contribution in [-0.4, -0.2) is 30.1 Å². The number of likely N-dealkylation sites (N-methyl/N-ethyl adjacent to an activating group) is 1. The van der Waals surface area contributed by atoms with Crippen LogP contribution >= 0.6 is 0 Å². The van der Waals surface area contributed by atoms with Crippen LogP contribution in [0.15, 0.2) is 24.3 Å². The van der Waals surface area contributed by atoms with Crippen molar-refractivity contribution in [2.45, 2.75) is 37.9 Å². The maximum Gasteiger partial charge on any atom is 0.124 e. The third-order valence-corrected chi connectivity index (χ3v) is 3.91. The number of rotatable bonds is 3. The first-order valence-electron chi connectivity index (χ1n) is 6.54. The topological polar surface area (TPSA) is 38.5 Å². The minimum Gasteiger partial charge on any atom is -0.492 e. The highest BCUT2D eigenvalue weighted by molar-refractivity contribution is 5.38. The molecule has 1 aromatic rings. The molecule has 1 fully saturated rings. The Morgan fingerprint density at radius 1 is 1.35 bits per heavy atom. The molecule has 17 heavy (non-hydrogen) atoms. The summed E-state index contributed by atoms with van der Waals surface area (Å²) >= 11 is 0. The van der Waals surface area contributed by atoms with Crippen molar-refractivity contribution in [3.05, 3.63) is 29.8 Å². The van der Waals surface area contributed by atoms with Gasteiger partial charge >= 0.3 is 0 Å². The Labute approximate surface area is 103 Å². The van der Waals surface area contributed by atoms with Crippen molar-refractivity contribution in [1.29, 1.82) is 0 Å². The summed E-state index contributed by atoms with van der Waals surface area (Å²) in [4.78, 5) is 2.51. The standard InChI is InChI=1S/C14H20N2O/c1-2-16(10-7-8-10)12-9-17-13-6-4-3-5-11(13)14(12)15/h3-6,10,12,14H,2,7-9,15H2,1H3. The zero-order valence-electron chi connectivity index (χ0n) is 10.3. The second kappa shape index (κ2) is 4.31. The molecule has 0 bridgehead atoms. The molecule has 2 unspecified atom stereocenters. The molecular weight excluding hydrogens is 212 g/mol. The molecule has 3 rings (SSSR count). The summed E-state index contributed by atoms with van der Waals surface area (Å²) in [6, 6.07) is 9.31. The zero-order chi connectivity index (χ0) is 11.8. The molecule has 3 nitrogen and oxygen atoms in total. The summed E-state index contributed by atoms with van der Waals surface area (Å²) in [5, 5.41) is 0. The van der Waals surface area contributed by atoms with Gasteiger partial charge in [0.25, 0.3) is 0 Å². The van der Waals surface area contributed by atoms with Crippen molar-refractivity contribution >= 4 is 0 Å². The van der Waals surface area contributed by atoms with Gasteiger partial charge in [-0.25, -0.2) is 0 Å². The van der Waals surface area contributed by atoms with Crippen LogP contribution in [0.1, 0.15) is 31.4 Å². The van der Waals surface area contributed by atoms with Crippen LogP contribution < -0.4 is 10.5 Å². The fraction of sp³-hybridized carbons (Fsp3) is 0.571. The minimum atomic E-state index is 0.0838. The normalized spacial score (nSPS) is 27.7. The second-order valence-electron chi connectivity index (χ2n) is 5.00. The van der Waals surface area contributed by atoms with Gasteiger partial charge in [-0.15, -0.1) is 0 Å². The van der Waals surface area contributed by atoms with Crippen LogP contribution in [0.2, 0.25) is 0 Å². The number of hydrogen-bond donors (Lipinski definition) is 1. The first kappa shape index (κ1) is 11.1. The molecule has 0 spiro atoms. The van der Waals surface area contributed by atoms with Crippen LogP contribution in [0.5, 0.6) is 5.75 Å². The smallest absolute Gasteiger partial charge is 0.124 e. The van der Waals surface area contributed by atoms with Crippen molar-refractivity contribution in [3.63, 3.8) is 0 Å². The Morgan fingerprint density at radius 2 is 2.12 bits per heavy atom. The van der Waals surface area contributed by atoms with E-state index in [1.54, 1.807) is 0 Å². The second-order valence-corrected chi connectivity index (χ2v) is 5.00. The van der Waals surface area contributed by atoms with Crippen molar-refractivity contribution in [3.8, 4) is 5.75 Å². The highest BCUT2D eigenvalue weighted by Gasteiger charge is 2.38. The van der Waals surface area contributed by atoms with E-state index in [0.29, 0.717) is 6.04 Å². The van der Waals surface area contributed by atoms with E-state index in [2.05, 4.69) is 17.9 Å². The number of ether oxygens (including phenoxy) is 1. The summed E-state index contributed by atoms with van der Waals surface area (Å²) in [5.41, 5.74) is 7.57. The Kier molecular flexibility index (Phi) is 2.81. The van der Waals surface area contributed by atoms with Crippen LogP contribution in [-0.2, 0) is 0 Å². The molecule has 2 N–H and O–H groups in total. The van der Waals surface area contributed by atoms with Crippen molar-refractivity contribution in [2.75, 3.05) is 13.2 Å². The number of benzene rings is 1. The molecular formula is C14H20N2O. The molecule has 0 saturated heterocycles. The largest absolute Gasteiger partial charge is 0.492 e. The van der Waals surface area contributed by atoms with E-state index in [4.69, 9.17) is 10.5 Å². The van der Waals surface area contributed by atoms with Gasteiger partial charge in [-0.3, -0.25) is 4.90 Å². The summed E-state index contributed by atoms with van der Waals surface area (Å²) < 4.78 is 5.85. The molecule has 1 aliphatic heterocycles. The van der Waals surface area contributed by atoms with E-state index in [1.807, 2.05) is 18.2 Å². The van der Waals surface area contributed by atoms with Gasteiger partial charge in [0, 0.05) is 11.6 Å². The SMILES string of the molecule is CCN(C1CC1)C1COc2ccccc2C1N. The molecule has 3 heteroatoms. The van der Waals surface area contributed by atoms with E-state index < -0.39 is 0 Å². The quantitative estimate of drug-likeness (QED) is 0.865. The number of hydrogen-bond acceptors (Lipinski definition) is 3. The van der Waals surface area contributed by atoms with Crippen molar-refractivity contribution < 1.29 is 4.74 Å². The fourth-order valence-electron chi connectivity index (χ4n) is 2.85. The summed E-state index contributed by atoms with van der Waals surface area (Å²) in [5.74, 6) is 0.961. The molecule has 0 amide bonds. The van der Waals surface area contributed by atoms with E-state index in [1.165, 1.54) is 12.8 Å². The Morgan fingerprint density at radius 3 is 2.82 bits per heavy atom. The highest BCUT2D eigenvalue weighted by Crippen LogP contribution is 2.37. The third-order valence-electron chi connectivity index (χ3n) is 3.91. The van der Waals surface area contributed by atoms with E-state index in [0.717, 1.165) is 30.5 Å². The first-order valence-corrected chi connectivity index (χ1v) is 6.54. The predicted molar refractivity (Wildman–Crippen MR) is 68.1 cm³/mol. The van der Waals surface area contributed by atoms with Crippen molar-refractivity contribution in [1.82, 2.24) is 4.90 Å². The molecule has 1 saturated carbocycles. The van der Waals surface area contributed by atoms with Gasteiger partial charge in [0.2, 0.25) is 0 Å². The maximum atomic E-state index is 6.41. The highest BCUT2D eigenvalue weighted by atomic mass is 16.5. The molecule has 92 valence electrons. The number of para-hydroxylation sites is 1. The lowest BCUT2D eigenvalue weighted by atomic mass is 9.96. The van der Waals surface area contributed by atoms with Gasteiger partial charge < -0.3 is 10.5 Å². The van der Waals surface area contributed by atoms with Crippen molar-refractivity contribution in [2.24, 2.45) is 5.73 Å². The summed E-state index contributed by atoms with van der Waals surface area (Å²) in [6.07, 6.45) is 2.64. The van der Waals surface area contributed by atoms with Crippen LogP contribution in [0.25, 0.3) is 0 Å². The van der Waals surface area contributed by atoms with E-state index in [-0.39, 0.29) is 6.04 Å². The van der Waals surface area contributed by atoms with Gasteiger partial charge in [0.1, 0.15) is 12.4 Å².